The van der Waals surface area contributed by atoms with E-state index < -0.39 is 5.91 Å². The van der Waals surface area contributed by atoms with E-state index >= 15 is 0 Å². The van der Waals surface area contributed by atoms with Gasteiger partial charge in [0, 0.05) is 17.6 Å². The zero-order valence-electron chi connectivity index (χ0n) is 9.97. The van der Waals surface area contributed by atoms with Crippen LogP contribution in [0.1, 0.15) is 6.92 Å². The molecule has 0 aliphatic carbocycles. The van der Waals surface area contributed by atoms with E-state index in [1.165, 1.54) is 23.7 Å². The van der Waals surface area contributed by atoms with Crippen LogP contribution < -0.4 is 10.2 Å². The lowest BCUT2D eigenvalue weighted by atomic mass is 10.2. The number of thioether (sulfide) groups is 1. The van der Waals surface area contributed by atoms with Gasteiger partial charge in [-0.1, -0.05) is 0 Å². The predicted octanol–water partition coefficient (Wildman–Crippen LogP) is 1.28. The van der Waals surface area contributed by atoms with Gasteiger partial charge in [-0.15, -0.1) is 11.8 Å². The molecule has 0 spiro atoms. The van der Waals surface area contributed by atoms with Crippen LogP contribution >= 0.6 is 11.8 Å². The summed E-state index contributed by atoms with van der Waals surface area (Å²) in [7, 11) is 1.51. The highest BCUT2D eigenvalue weighted by Crippen LogP contribution is 2.37. The van der Waals surface area contributed by atoms with Crippen LogP contribution in [0.25, 0.3) is 0 Å². The largest absolute Gasteiger partial charge is 0.324 e. The van der Waals surface area contributed by atoms with Crippen LogP contribution in [0.2, 0.25) is 0 Å². The molecule has 1 aromatic rings. The van der Waals surface area contributed by atoms with E-state index in [0.29, 0.717) is 11.4 Å². The van der Waals surface area contributed by atoms with Crippen LogP contribution in [-0.2, 0) is 14.4 Å². The van der Waals surface area contributed by atoms with Crippen molar-refractivity contribution in [2.45, 2.75) is 17.1 Å². The summed E-state index contributed by atoms with van der Waals surface area (Å²) in [4.78, 5) is 35.5. The maximum atomic E-state index is 11.6. The third-order valence-electron chi connectivity index (χ3n) is 2.71. The van der Waals surface area contributed by atoms with Crippen molar-refractivity contribution >= 4 is 41.2 Å². The van der Waals surface area contributed by atoms with Crippen molar-refractivity contribution in [2.24, 2.45) is 0 Å². The second kappa shape index (κ2) is 4.81. The second-order valence-corrected chi connectivity index (χ2v) is 5.33. The van der Waals surface area contributed by atoms with Gasteiger partial charge in [0.05, 0.1) is 10.9 Å². The van der Waals surface area contributed by atoms with Gasteiger partial charge in [0.1, 0.15) is 0 Å². The van der Waals surface area contributed by atoms with E-state index in [-0.39, 0.29) is 17.4 Å². The van der Waals surface area contributed by atoms with Crippen molar-refractivity contribution in [3.63, 3.8) is 0 Å². The molecule has 0 saturated carbocycles. The number of anilines is 2. The van der Waals surface area contributed by atoms with Crippen LogP contribution in [-0.4, -0.2) is 30.4 Å². The highest BCUT2D eigenvalue weighted by Gasteiger charge is 2.23. The first kappa shape index (κ1) is 12.6. The molecule has 0 radical (unpaired) electrons. The van der Waals surface area contributed by atoms with Crippen LogP contribution in [0.5, 0.6) is 0 Å². The number of amides is 2. The first-order chi connectivity index (χ1) is 8.52. The molecule has 1 aliphatic rings. The standard InChI is InChI=1S/C12H12N2O3S/c1-7-12(17)13-9-5-8(3-4-10(9)18-7)14(2)11(16)6-15/h3-7H,1-2H3,(H,13,17). The summed E-state index contributed by atoms with van der Waals surface area (Å²) < 4.78 is 0. The first-order valence-electron chi connectivity index (χ1n) is 5.37. The monoisotopic (exact) mass is 264 g/mol. The van der Waals surface area contributed by atoms with Crippen LogP contribution in [0.15, 0.2) is 23.1 Å². The Labute approximate surface area is 109 Å². The van der Waals surface area contributed by atoms with E-state index in [1.54, 1.807) is 12.1 Å². The molecule has 1 aromatic carbocycles. The normalized spacial score (nSPS) is 17.7. The van der Waals surface area contributed by atoms with Crippen LogP contribution in [0.3, 0.4) is 0 Å². The van der Waals surface area contributed by atoms with Crippen molar-refractivity contribution in [1.29, 1.82) is 0 Å². The fourth-order valence-electron chi connectivity index (χ4n) is 1.61. The Balaban J connectivity index is 2.33. The number of hydrogen-bond donors (Lipinski definition) is 1. The number of nitrogens with one attached hydrogen (secondary N) is 1. The van der Waals surface area contributed by atoms with Gasteiger partial charge in [0.2, 0.25) is 12.2 Å². The number of nitrogens with zero attached hydrogens (tertiary/aromatic N) is 1. The molecule has 5 nitrogen and oxygen atoms in total. The molecule has 0 saturated heterocycles. The van der Waals surface area contributed by atoms with E-state index in [2.05, 4.69) is 5.32 Å². The lowest BCUT2D eigenvalue weighted by molar-refractivity contribution is -0.129. The molecule has 18 heavy (non-hydrogen) atoms. The van der Waals surface area contributed by atoms with Gasteiger partial charge in [-0.3, -0.25) is 14.4 Å². The molecule has 1 unspecified atom stereocenters. The van der Waals surface area contributed by atoms with Gasteiger partial charge in [-0.05, 0) is 25.1 Å². The quantitative estimate of drug-likeness (QED) is 0.645. The predicted molar refractivity (Wildman–Crippen MR) is 69.9 cm³/mol. The molecule has 2 rings (SSSR count). The average molecular weight is 264 g/mol. The molecule has 0 aromatic heterocycles. The van der Waals surface area contributed by atoms with E-state index in [1.807, 2.05) is 13.0 Å². The third kappa shape index (κ3) is 2.24. The summed E-state index contributed by atoms with van der Waals surface area (Å²) in [6, 6.07) is 5.27. The summed E-state index contributed by atoms with van der Waals surface area (Å²) in [5.41, 5.74) is 1.24. The maximum absolute atomic E-state index is 11.6. The number of aldehydes is 1. The summed E-state index contributed by atoms with van der Waals surface area (Å²) in [5.74, 6) is -0.688. The zero-order chi connectivity index (χ0) is 13.3. The number of benzene rings is 1. The van der Waals surface area contributed by atoms with Crippen molar-refractivity contribution in [3.8, 4) is 0 Å². The molecule has 1 N–H and O–H groups in total. The molecule has 1 aliphatic heterocycles. The molecule has 94 valence electrons. The Bertz CT molecular complexity index is 530. The van der Waals surface area contributed by atoms with Gasteiger partial charge in [-0.25, -0.2) is 0 Å². The van der Waals surface area contributed by atoms with Gasteiger partial charge < -0.3 is 10.2 Å². The minimum Gasteiger partial charge on any atom is -0.324 e. The van der Waals surface area contributed by atoms with Crippen molar-refractivity contribution in [1.82, 2.24) is 0 Å². The van der Waals surface area contributed by atoms with E-state index in [4.69, 9.17) is 0 Å². The maximum Gasteiger partial charge on any atom is 0.290 e. The topological polar surface area (TPSA) is 66.5 Å². The molecule has 0 fully saturated rings. The Morgan fingerprint density at radius 1 is 1.50 bits per heavy atom. The van der Waals surface area contributed by atoms with Gasteiger partial charge in [0.25, 0.3) is 5.91 Å². The SMILES string of the molecule is CC1Sc2ccc(N(C)C(=O)C=O)cc2NC1=O. The lowest BCUT2D eigenvalue weighted by Gasteiger charge is -2.23. The minimum atomic E-state index is -0.627. The fraction of sp³-hybridized carbons (Fsp3) is 0.250. The highest BCUT2D eigenvalue weighted by molar-refractivity contribution is 8.00. The Hall–Kier alpha value is -1.82. The van der Waals surface area contributed by atoms with E-state index in [0.717, 1.165) is 4.90 Å². The minimum absolute atomic E-state index is 0.0611. The summed E-state index contributed by atoms with van der Waals surface area (Å²) >= 11 is 1.47. The number of carbonyl (C=O) groups excluding carboxylic acids is 3. The Kier molecular flexibility index (Phi) is 3.38. The number of carbonyl (C=O) groups is 3. The third-order valence-corrected chi connectivity index (χ3v) is 3.89. The number of hydrogen-bond acceptors (Lipinski definition) is 4. The van der Waals surface area contributed by atoms with Crippen molar-refractivity contribution < 1.29 is 14.4 Å². The molecule has 1 atom stereocenters. The van der Waals surface area contributed by atoms with Crippen molar-refractivity contribution in [3.05, 3.63) is 18.2 Å². The number of fused-ring (bicyclic) bond motifs is 1. The average Bonchev–Trinajstić information content (AvgIpc) is 2.37. The first-order valence-corrected chi connectivity index (χ1v) is 6.25. The molecular formula is C12H12N2O3S. The fourth-order valence-corrected chi connectivity index (χ4v) is 2.54. The second-order valence-electron chi connectivity index (χ2n) is 3.94. The molecular weight excluding hydrogens is 252 g/mol. The van der Waals surface area contributed by atoms with Gasteiger partial charge >= 0.3 is 0 Å². The summed E-state index contributed by atoms with van der Waals surface area (Å²) in [6.45, 7) is 1.83. The summed E-state index contributed by atoms with van der Waals surface area (Å²) in [6.07, 6.45) is 0.259. The Morgan fingerprint density at radius 3 is 2.89 bits per heavy atom. The van der Waals surface area contributed by atoms with E-state index in [9.17, 15) is 14.4 Å². The van der Waals surface area contributed by atoms with Crippen LogP contribution in [0, 0.1) is 0 Å². The molecule has 6 heteroatoms. The smallest absolute Gasteiger partial charge is 0.290 e. The summed E-state index contributed by atoms with van der Waals surface area (Å²) in [5, 5.41) is 2.65. The highest BCUT2D eigenvalue weighted by atomic mass is 32.2. The van der Waals surface area contributed by atoms with Gasteiger partial charge in [-0.2, -0.15) is 0 Å². The number of rotatable bonds is 2. The Morgan fingerprint density at radius 2 is 2.22 bits per heavy atom. The number of likely N-dealkylation sites (N-methyl/N-ethyl adjacent to an activating group) is 1. The van der Waals surface area contributed by atoms with Crippen LogP contribution in [0.4, 0.5) is 11.4 Å². The molecule has 2 amide bonds. The zero-order valence-corrected chi connectivity index (χ0v) is 10.8. The van der Waals surface area contributed by atoms with Crippen molar-refractivity contribution in [2.75, 3.05) is 17.3 Å². The molecule has 0 bridgehead atoms. The lowest BCUT2D eigenvalue weighted by Crippen LogP contribution is -2.29. The molecule has 1 heterocycles. The van der Waals surface area contributed by atoms with Gasteiger partial charge in [0.15, 0.2) is 0 Å².